The van der Waals surface area contributed by atoms with E-state index in [0.29, 0.717) is 12.0 Å². The van der Waals surface area contributed by atoms with Crippen molar-refractivity contribution in [3.05, 3.63) is 30.1 Å². The lowest BCUT2D eigenvalue weighted by Crippen LogP contribution is -2.51. The first kappa shape index (κ1) is 17.5. The standard InChI is InChI=1S/C22H30FN3O/c1-22-15-24(13-20(22)16-2-3-17(22)12-16)14-21(27)26-10-8-25(9-11-26)19-6-4-18(23)5-7-19/h4-7,16-17,20H,2-3,8-15H2,1H3/t16-,17+,20-,22+/m0/s1. The van der Waals surface area contributed by atoms with Crippen molar-refractivity contribution < 1.29 is 9.18 Å². The molecule has 0 radical (unpaired) electrons. The van der Waals surface area contributed by atoms with E-state index in [2.05, 4.69) is 16.7 Å². The van der Waals surface area contributed by atoms with Crippen LogP contribution in [0.5, 0.6) is 0 Å². The van der Waals surface area contributed by atoms with Crippen LogP contribution in [0.1, 0.15) is 26.2 Å². The Labute approximate surface area is 161 Å². The fourth-order valence-corrected chi connectivity index (χ4v) is 6.53. The molecule has 2 saturated heterocycles. The number of benzene rings is 1. The van der Waals surface area contributed by atoms with Gasteiger partial charge in [-0.25, -0.2) is 4.39 Å². The average molecular weight is 372 g/mol. The highest BCUT2D eigenvalue weighted by molar-refractivity contribution is 5.78. The summed E-state index contributed by atoms with van der Waals surface area (Å²) >= 11 is 0. The van der Waals surface area contributed by atoms with Crippen LogP contribution >= 0.6 is 0 Å². The van der Waals surface area contributed by atoms with Crippen LogP contribution in [0.3, 0.4) is 0 Å². The van der Waals surface area contributed by atoms with E-state index in [-0.39, 0.29) is 11.7 Å². The topological polar surface area (TPSA) is 26.8 Å². The van der Waals surface area contributed by atoms with Crippen molar-refractivity contribution >= 4 is 11.6 Å². The van der Waals surface area contributed by atoms with Crippen molar-refractivity contribution in [3.8, 4) is 0 Å². The molecule has 2 bridgehead atoms. The van der Waals surface area contributed by atoms with Gasteiger partial charge in [-0.15, -0.1) is 0 Å². The number of halogens is 1. The number of likely N-dealkylation sites (tertiary alicyclic amines) is 1. The number of carbonyl (C=O) groups is 1. The molecule has 0 unspecified atom stereocenters. The van der Waals surface area contributed by atoms with Gasteiger partial charge < -0.3 is 9.80 Å². The maximum Gasteiger partial charge on any atom is 0.236 e. The predicted molar refractivity (Wildman–Crippen MR) is 104 cm³/mol. The fourth-order valence-electron chi connectivity index (χ4n) is 6.53. The number of nitrogens with zero attached hydrogens (tertiary/aromatic N) is 3. The molecule has 0 N–H and O–H groups in total. The first-order valence-corrected chi connectivity index (χ1v) is 10.5. The molecule has 4 atom stereocenters. The quantitative estimate of drug-likeness (QED) is 0.818. The number of amides is 1. The number of carbonyl (C=O) groups excluding carboxylic acids is 1. The van der Waals surface area contributed by atoms with E-state index >= 15 is 0 Å². The zero-order valence-corrected chi connectivity index (χ0v) is 16.2. The molecule has 1 amide bonds. The molecule has 5 heteroatoms. The van der Waals surface area contributed by atoms with Crippen LogP contribution in [0.25, 0.3) is 0 Å². The third-order valence-electron chi connectivity index (χ3n) is 8.02. The van der Waals surface area contributed by atoms with Gasteiger partial charge in [-0.3, -0.25) is 9.69 Å². The van der Waals surface area contributed by atoms with Crippen LogP contribution < -0.4 is 4.90 Å². The summed E-state index contributed by atoms with van der Waals surface area (Å²) in [4.78, 5) is 19.6. The van der Waals surface area contributed by atoms with Crippen molar-refractivity contribution in [1.29, 1.82) is 0 Å². The van der Waals surface area contributed by atoms with Gasteiger partial charge in [-0.05, 0) is 66.7 Å². The Balaban J connectivity index is 1.15. The van der Waals surface area contributed by atoms with Crippen LogP contribution in [0.4, 0.5) is 10.1 Å². The summed E-state index contributed by atoms with van der Waals surface area (Å²) < 4.78 is 13.1. The Morgan fingerprint density at radius 2 is 1.89 bits per heavy atom. The summed E-state index contributed by atoms with van der Waals surface area (Å²) in [5.41, 5.74) is 1.50. The molecule has 146 valence electrons. The number of anilines is 1. The largest absolute Gasteiger partial charge is 0.368 e. The molecule has 1 aromatic carbocycles. The number of piperazine rings is 1. The van der Waals surface area contributed by atoms with Crippen molar-refractivity contribution in [3.63, 3.8) is 0 Å². The maximum atomic E-state index is 13.1. The van der Waals surface area contributed by atoms with Gasteiger partial charge in [0, 0.05) is 45.0 Å². The second-order valence-electron chi connectivity index (χ2n) is 9.40. The zero-order chi connectivity index (χ0) is 18.6. The molecule has 27 heavy (non-hydrogen) atoms. The van der Waals surface area contributed by atoms with E-state index in [0.717, 1.165) is 62.7 Å². The van der Waals surface area contributed by atoms with Gasteiger partial charge in [0.2, 0.25) is 5.91 Å². The minimum absolute atomic E-state index is 0.204. The van der Waals surface area contributed by atoms with Crippen LogP contribution in [-0.4, -0.2) is 61.5 Å². The first-order valence-electron chi connectivity index (χ1n) is 10.5. The van der Waals surface area contributed by atoms with Crippen molar-refractivity contribution in [2.75, 3.05) is 50.7 Å². The number of fused-ring (bicyclic) bond motifs is 5. The fraction of sp³-hybridized carbons (Fsp3) is 0.682. The number of hydrogen-bond acceptors (Lipinski definition) is 3. The molecule has 2 aliphatic carbocycles. The second-order valence-corrected chi connectivity index (χ2v) is 9.40. The van der Waals surface area contributed by atoms with Crippen LogP contribution in [0.2, 0.25) is 0 Å². The lowest BCUT2D eigenvalue weighted by Gasteiger charge is -2.37. The smallest absolute Gasteiger partial charge is 0.236 e. The molecule has 4 nitrogen and oxygen atoms in total. The molecular weight excluding hydrogens is 341 g/mol. The SMILES string of the molecule is C[C@]12CN(CC(=O)N3CCN(c4ccc(F)cc4)CC3)C[C@H]1[C@H]1CC[C@@H]2C1. The zero-order valence-electron chi connectivity index (χ0n) is 16.2. The van der Waals surface area contributed by atoms with E-state index in [9.17, 15) is 9.18 Å². The third kappa shape index (κ3) is 2.95. The van der Waals surface area contributed by atoms with Crippen LogP contribution in [-0.2, 0) is 4.79 Å². The van der Waals surface area contributed by atoms with E-state index in [4.69, 9.17) is 0 Å². The van der Waals surface area contributed by atoms with E-state index in [1.165, 1.54) is 31.4 Å². The highest BCUT2D eigenvalue weighted by Gasteiger charge is 2.59. The Kier molecular flexibility index (Phi) is 4.19. The predicted octanol–water partition coefficient (Wildman–Crippen LogP) is 2.84. The summed E-state index contributed by atoms with van der Waals surface area (Å²) in [6.07, 6.45) is 4.26. The Hall–Kier alpha value is -1.62. The molecule has 1 aromatic rings. The maximum absolute atomic E-state index is 13.1. The van der Waals surface area contributed by atoms with Gasteiger partial charge in [0.05, 0.1) is 6.54 Å². The van der Waals surface area contributed by atoms with Gasteiger partial charge in [0.15, 0.2) is 0 Å². The summed E-state index contributed by atoms with van der Waals surface area (Å²) in [5.74, 6) is 2.71. The summed E-state index contributed by atoms with van der Waals surface area (Å²) in [6.45, 7) is 8.46. The van der Waals surface area contributed by atoms with Gasteiger partial charge in [-0.2, -0.15) is 0 Å². The second kappa shape index (κ2) is 6.47. The lowest BCUT2D eigenvalue weighted by atomic mass is 9.70. The minimum atomic E-state index is -0.204. The normalized spacial score (nSPS) is 35.7. The Bertz CT molecular complexity index is 715. The van der Waals surface area contributed by atoms with Crippen molar-refractivity contribution in [1.82, 2.24) is 9.80 Å². The molecule has 5 rings (SSSR count). The molecule has 2 aliphatic heterocycles. The highest BCUT2D eigenvalue weighted by atomic mass is 19.1. The summed E-state index contributed by atoms with van der Waals surface area (Å²) in [7, 11) is 0. The van der Waals surface area contributed by atoms with Crippen LogP contribution in [0, 0.1) is 29.0 Å². The highest BCUT2D eigenvalue weighted by Crippen LogP contribution is 2.62. The van der Waals surface area contributed by atoms with E-state index in [1.54, 1.807) is 0 Å². The number of rotatable bonds is 3. The summed E-state index contributed by atoms with van der Waals surface area (Å²) in [6, 6.07) is 6.66. The molecule has 4 fully saturated rings. The van der Waals surface area contributed by atoms with Gasteiger partial charge in [-0.1, -0.05) is 6.92 Å². The first-order chi connectivity index (χ1) is 13.0. The van der Waals surface area contributed by atoms with E-state index in [1.807, 2.05) is 17.0 Å². The van der Waals surface area contributed by atoms with Crippen molar-refractivity contribution in [2.24, 2.45) is 23.2 Å². The molecule has 2 saturated carbocycles. The molecular formula is C22H30FN3O. The lowest BCUT2D eigenvalue weighted by molar-refractivity contribution is -0.132. The van der Waals surface area contributed by atoms with Gasteiger partial charge in [0.25, 0.3) is 0 Å². The molecule has 0 spiro atoms. The molecule has 0 aromatic heterocycles. The Morgan fingerprint density at radius 1 is 1.15 bits per heavy atom. The Morgan fingerprint density at radius 3 is 2.59 bits per heavy atom. The number of hydrogen-bond donors (Lipinski definition) is 0. The van der Waals surface area contributed by atoms with Crippen LogP contribution in [0.15, 0.2) is 24.3 Å². The molecule has 4 aliphatic rings. The monoisotopic (exact) mass is 371 g/mol. The minimum Gasteiger partial charge on any atom is -0.368 e. The van der Waals surface area contributed by atoms with Crippen molar-refractivity contribution in [2.45, 2.75) is 26.2 Å². The average Bonchev–Trinajstić information content (AvgIpc) is 3.34. The molecule has 2 heterocycles. The van der Waals surface area contributed by atoms with Gasteiger partial charge >= 0.3 is 0 Å². The van der Waals surface area contributed by atoms with E-state index < -0.39 is 0 Å². The summed E-state index contributed by atoms with van der Waals surface area (Å²) in [5, 5.41) is 0. The third-order valence-corrected chi connectivity index (χ3v) is 8.02. The van der Waals surface area contributed by atoms with Gasteiger partial charge in [0.1, 0.15) is 5.82 Å².